The van der Waals surface area contributed by atoms with E-state index in [0.717, 1.165) is 42.5 Å². The highest BCUT2D eigenvalue weighted by Crippen LogP contribution is 2.27. The van der Waals surface area contributed by atoms with Crippen molar-refractivity contribution in [3.63, 3.8) is 0 Å². The first-order valence-electron chi connectivity index (χ1n) is 10.7. The summed E-state index contributed by atoms with van der Waals surface area (Å²) >= 11 is 1.41. The Morgan fingerprint density at radius 1 is 1.13 bits per heavy atom. The number of para-hydroxylation sites is 1. The molecule has 0 spiro atoms. The Hall–Kier alpha value is -2.67. The Kier molecular flexibility index (Phi) is 7.02. The van der Waals surface area contributed by atoms with Crippen LogP contribution in [0.15, 0.2) is 60.0 Å². The van der Waals surface area contributed by atoms with Crippen LogP contribution in [0.3, 0.4) is 0 Å². The number of carbonyl (C=O) groups is 1. The third-order valence-electron chi connectivity index (χ3n) is 5.82. The van der Waals surface area contributed by atoms with Crippen molar-refractivity contribution >= 4 is 17.7 Å². The highest BCUT2D eigenvalue weighted by molar-refractivity contribution is 7.99. The number of rotatable bonds is 7. The molecule has 162 valence electrons. The summed E-state index contributed by atoms with van der Waals surface area (Å²) in [4.78, 5) is 15.3. The van der Waals surface area contributed by atoms with Gasteiger partial charge >= 0.3 is 0 Å². The molecule has 0 radical (unpaired) electrons. The number of carbonyl (C=O) groups excluding carboxylic acids is 1. The van der Waals surface area contributed by atoms with Crippen LogP contribution in [0.4, 0.5) is 4.39 Å². The van der Waals surface area contributed by atoms with Crippen LogP contribution in [0, 0.1) is 12.7 Å². The van der Waals surface area contributed by atoms with Crippen LogP contribution in [0.1, 0.15) is 43.2 Å². The summed E-state index contributed by atoms with van der Waals surface area (Å²) in [5, 5.41) is 9.00. The number of nitrogens with zero attached hydrogens (tertiary/aromatic N) is 4. The van der Waals surface area contributed by atoms with Crippen LogP contribution in [0.5, 0.6) is 0 Å². The highest BCUT2D eigenvalue weighted by atomic mass is 32.2. The maximum absolute atomic E-state index is 13.3. The summed E-state index contributed by atoms with van der Waals surface area (Å²) in [5.41, 5.74) is 3.09. The summed E-state index contributed by atoms with van der Waals surface area (Å²) < 4.78 is 15.3. The number of halogens is 1. The van der Waals surface area contributed by atoms with E-state index in [4.69, 9.17) is 0 Å². The molecule has 4 rings (SSSR count). The van der Waals surface area contributed by atoms with Crippen molar-refractivity contribution in [2.24, 2.45) is 0 Å². The molecular weight excluding hydrogens is 411 g/mol. The van der Waals surface area contributed by atoms with Gasteiger partial charge in [0.1, 0.15) is 12.1 Å². The van der Waals surface area contributed by atoms with Crippen molar-refractivity contribution in [3.05, 3.63) is 71.8 Å². The van der Waals surface area contributed by atoms with Gasteiger partial charge in [-0.2, -0.15) is 0 Å². The number of hydrogen-bond acceptors (Lipinski definition) is 4. The molecular formula is C24H27FN4OS. The minimum absolute atomic E-state index is 0.0839. The van der Waals surface area contributed by atoms with Gasteiger partial charge in [-0.1, -0.05) is 61.4 Å². The van der Waals surface area contributed by atoms with Crippen molar-refractivity contribution in [1.29, 1.82) is 0 Å². The summed E-state index contributed by atoms with van der Waals surface area (Å²) in [6, 6.07) is 14.7. The summed E-state index contributed by atoms with van der Waals surface area (Å²) in [6.45, 7) is 2.55. The fourth-order valence-electron chi connectivity index (χ4n) is 4.13. The van der Waals surface area contributed by atoms with Crippen molar-refractivity contribution in [2.45, 2.75) is 56.8 Å². The predicted octanol–water partition coefficient (Wildman–Crippen LogP) is 5.17. The van der Waals surface area contributed by atoms with Gasteiger partial charge in [0, 0.05) is 12.6 Å². The first-order valence-corrected chi connectivity index (χ1v) is 11.7. The van der Waals surface area contributed by atoms with Crippen molar-refractivity contribution < 1.29 is 9.18 Å². The molecule has 1 fully saturated rings. The zero-order valence-corrected chi connectivity index (χ0v) is 18.5. The zero-order valence-electron chi connectivity index (χ0n) is 17.7. The molecule has 0 bridgehead atoms. The third-order valence-corrected chi connectivity index (χ3v) is 6.75. The number of aromatic nitrogens is 3. The van der Waals surface area contributed by atoms with Crippen LogP contribution >= 0.6 is 11.8 Å². The van der Waals surface area contributed by atoms with Crippen molar-refractivity contribution in [1.82, 2.24) is 19.7 Å². The first kappa shape index (κ1) is 21.6. The van der Waals surface area contributed by atoms with Gasteiger partial charge in [-0.25, -0.2) is 4.39 Å². The van der Waals surface area contributed by atoms with E-state index in [2.05, 4.69) is 10.2 Å². The largest absolute Gasteiger partial charge is 0.335 e. The number of amides is 1. The quantitative estimate of drug-likeness (QED) is 0.478. The molecule has 1 saturated carbocycles. The molecule has 0 unspecified atom stereocenters. The molecule has 0 aliphatic heterocycles. The molecule has 7 heteroatoms. The molecule has 0 atom stereocenters. The summed E-state index contributed by atoms with van der Waals surface area (Å²) in [7, 11) is 0. The van der Waals surface area contributed by atoms with E-state index < -0.39 is 0 Å². The minimum atomic E-state index is -0.259. The lowest BCUT2D eigenvalue weighted by Gasteiger charge is -2.34. The van der Waals surface area contributed by atoms with E-state index >= 15 is 0 Å². The molecule has 1 heterocycles. The molecule has 31 heavy (non-hydrogen) atoms. The van der Waals surface area contributed by atoms with E-state index in [1.165, 1.54) is 30.3 Å². The van der Waals surface area contributed by atoms with Crippen LogP contribution in [-0.4, -0.2) is 37.4 Å². The lowest BCUT2D eigenvalue weighted by molar-refractivity contribution is -0.132. The Labute approximate surface area is 186 Å². The van der Waals surface area contributed by atoms with Crippen LogP contribution in [-0.2, 0) is 11.3 Å². The molecule has 2 aromatic carbocycles. The van der Waals surface area contributed by atoms with E-state index in [-0.39, 0.29) is 17.8 Å². The third kappa shape index (κ3) is 5.34. The van der Waals surface area contributed by atoms with Gasteiger partial charge in [-0.3, -0.25) is 9.36 Å². The van der Waals surface area contributed by atoms with Gasteiger partial charge in [0.25, 0.3) is 0 Å². The van der Waals surface area contributed by atoms with Gasteiger partial charge in [0.15, 0.2) is 5.16 Å². The molecule has 0 N–H and O–H groups in total. The number of aryl methyl sites for hydroxylation is 1. The standard InChI is InChI=1S/C24H27FN4OS/c1-18-7-5-6-10-22(18)29-17-26-27-24(29)31-16-23(30)28(21-8-3-2-4-9-21)15-19-11-13-20(25)14-12-19/h5-7,10-14,17,21H,2-4,8-9,15-16H2,1H3. The topological polar surface area (TPSA) is 51.0 Å². The van der Waals surface area contributed by atoms with Gasteiger partial charge in [0.05, 0.1) is 11.4 Å². The number of thioether (sulfide) groups is 1. The number of benzene rings is 2. The fourth-order valence-corrected chi connectivity index (χ4v) is 4.94. The fraction of sp³-hybridized carbons (Fsp3) is 0.375. The average Bonchev–Trinajstić information content (AvgIpc) is 3.26. The molecule has 0 saturated heterocycles. The van der Waals surface area contributed by atoms with E-state index in [1.807, 2.05) is 40.7 Å². The van der Waals surface area contributed by atoms with Gasteiger partial charge < -0.3 is 4.90 Å². The Morgan fingerprint density at radius 3 is 2.61 bits per heavy atom. The molecule has 1 aromatic heterocycles. The van der Waals surface area contributed by atoms with E-state index in [0.29, 0.717) is 17.5 Å². The zero-order chi connectivity index (χ0) is 21.6. The SMILES string of the molecule is Cc1ccccc1-n1cnnc1SCC(=O)N(Cc1ccc(F)cc1)C1CCCCC1. The van der Waals surface area contributed by atoms with Crippen molar-refractivity contribution in [3.8, 4) is 5.69 Å². The molecule has 5 nitrogen and oxygen atoms in total. The maximum Gasteiger partial charge on any atom is 0.233 e. The summed E-state index contributed by atoms with van der Waals surface area (Å²) in [5.74, 6) is 0.119. The van der Waals surface area contributed by atoms with Crippen LogP contribution in [0.25, 0.3) is 5.69 Å². The molecule has 1 aliphatic rings. The van der Waals surface area contributed by atoms with E-state index in [9.17, 15) is 9.18 Å². The lowest BCUT2D eigenvalue weighted by Crippen LogP contribution is -2.42. The normalized spacial score (nSPS) is 14.5. The van der Waals surface area contributed by atoms with Gasteiger partial charge in [-0.05, 0) is 49.1 Å². The van der Waals surface area contributed by atoms with Crippen molar-refractivity contribution in [2.75, 3.05) is 5.75 Å². The molecule has 3 aromatic rings. The van der Waals surface area contributed by atoms with Crippen LogP contribution < -0.4 is 0 Å². The monoisotopic (exact) mass is 438 g/mol. The smallest absolute Gasteiger partial charge is 0.233 e. The Morgan fingerprint density at radius 2 is 1.87 bits per heavy atom. The maximum atomic E-state index is 13.3. The number of hydrogen-bond donors (Lipinski definition) is 0. The highest BCUT2D eigenvalue weighted by Gasteiger charge is 2.26. The van der Waals surface area contributed by atoms with Gasteiger partial charge in [0.2, 0.25) is 5.91 Å². The second-order valence-electron chi connectivity index (χ2n) is 8.00. The Balaban J connectivity index is 1.48. The minimum Gasteiger partial charge on any atom is -0.335 e. The predicted molar refractivity (Wildman–Crippen MR) is 121 cm³/mol. The Bertz CT molecular complexity index is 1010. The second kappa shape index (κ2) is 10.1. The van der Waals surface area contributed by atoms with Crippen LogP contribution in [0.2, 0.25) is 0 Å². The van der Waals surface area contributed by atoms with Gasteiger partial charge in [-0.15, -0.1) is 10.2 Å². The molecule has 1 aliphatic carbocycles. The lowest BCUT2D eigenvalue weighted by atomic mass is 9.94. The first-order chi connectivity index (χ1) is 15.1. The molecule has 1 amide bonds. The van der Waals surface area contributed by atoms with E-state index in [1.54, 1.807) is 18.5 Å². The second-order valence-corrected chi connectivity index (χ2v) is 8.94. The average molecular weight is 439 g/mol. The summed E-state index contributed by atoms with van der Waals surface area (Å²) in [6.07, 6.45) is 7.25.